The van der Waals surface area contributed by atoms with Gasteiger partial charge in [0.1, 0.15) is 11.9 Å². The number of hydrogen-bond acceptors (Lipinski definition) is 3. The second-order valence-electron chi connectivity index (χ2n) is 5.03. The predicted octanol–water partition coefficient (Wildman–Crippen LogP) is 3.57. The number of hydrogen-bond donors (Lipinski definition) is 1. The van der Waals surface area contributed by atoms with Crippen LogP contribution in [0.2, 0.25) is 0 Å². The first-order valence-electron chi connectivity index (χ1n) is 7.12. The smallest absolute Gasteiger partial charge is 0.119 e. The van der Waals surface area contributed by atoms with Gasteiger partial charge >= 0.3 is 0 Å². The topological polar surface area (TPSA) is 38.7 Å². The number of ether oxygens (including phenoxy) is 2. The first kappa shape index (κ1) is 16.0. The van der Waals surface area contributed by atoms with E-state index in [0.717, 1.165) is 24.3 Å². The fourth-order valence-corrected chi connectivity index (χ4v) is 2.01. The predicted molar refractivity (Wildman–Crippen MR) is 77.4 cm³/mol. The summed E-state index contributed by atoms with van der Waals surface area (Å²) in [5.41, 5.74) is 0.871. The molecule has 0 heterocycles. The molecule has 1 aromatic carbocycles. The maximum atomic E-state index is 10.4. The van der Waals surface area contributed by atoms with Crippen LogP contribution in [0.3, 0.4) is 0 Å². The van der Waals surface area contributed by atoms with Gasteiger partial charge in [0.15, 0.2) is 0 Å². The molecule has 0 amide bonds. The summed E-state index contributed by atoms with van der Waals surface area (Å²) < 4.78 is 11.2. The third-order valence-corrected chi connectivity index (χ3v) is 3.02. The highest BCUT2D eigenvalue weighted by atomic mass is 16.5. The Kier molecular flexibility index (Phi) is 6.89. The molecule has 1 rings (SSSR count). The van der Waals surface area contributed by atoms with E-state index < -0.39 is 6.10 Å². The van der Waals surface area contributed by atoms with E-state index in [4.69, 9.17) is 9.47 Å². The van der Waals surface area contributed by atoms with Crippen LogP contribution in [0.5, 0.6) is 5.75 Å². The van der Waals surface area contributed by atoms with Gasteiger partial charge in [0.25, 0.3) is 0 Å². The summed E-state index contributed by atoms with van der Waals surface area (Å²) >= 11 is 0. The number of rotatable bonds is 8. The quantitative estimate of drug-likeness (QED) is 0.781. The van der Waals surface area contributed by atoms with Crippen LogP contribution >= 0.6 is 0 Å². The first-order valence-corrected chi connectivity index (χ1v) is 7.12. The molecule has 1 N–H and O–H groups in total. The van der Waals surface area contributed by atoms with Crippen LogP contribution in [0.1, 0.15) is 45.8 Å². The lowest BCUT2D eigenvalue weighted by atomic mass is 9.96. The molecule has 3 nitrogen and oxygen atoms in total. The lowest BCUT2D eigenvalue weighted by molar-refractivity contribution is -0.0585. The van der Waals surface area contributed by atoms with Gasteiger partial charge in [0.2, 0.25) is 0 Å². The highest BCUT2D eigenvalue weighted by molar-refractivity contribution is 5.29. The van der Waals surface area contributed by atoms with E-state index in [2.05, 4.69) is 20.8 Å². The second kappa shape index (κ2) is 8.18. The molecule has 0 aliphatic heterocycles. The Morgan fingerprint density at radius 2 is 1.74 bits per heavy atom. The minimum atomic E-state index is -0.597. The molecule has 3 heteroatoms. The molecule has 0 fully saturated rings. The maximum absolute atomic E-state index is 10.4. The van der Waals surface area contributed by atoms with Crippen molar-refractivity contribution in [3.8, 4) is 5.75 Å². The van der Waals surface area contributed by atoms with Crippen LogP contribution in [-0.2, 0) is 4.74 Å². The summed E-state index contributed by atoms with van der Waals surface area (Å²) in [6, 6.07) is 7.61. The van der Waals surface area contributed by atoms with Gasteiger partial charge in [-0.3, -0.25) is 0 Å². The lowest BCUT2D eigenvalue weighted by Gasteiger charge is -2.26. The van der Waals surface area contributed by atoms with Crippen LogP contribution < -0.4 is 4.74 Å². The zero-order valence-corrected chi connectivity index (χ0v) is 12.4. The van der Waals surface area contributed by atoms with Gasteiger partial charge in [-0.15, -0.1) is 0 Å². The zero-order chi connectivity index (χ0) is 14.3. The van der Waals surface area contributed by atoms with Crippen molar-refractivity contribution in [3.05, 3.63) is 29.8 Å². The SMILES string of the molecule is CCCOc1ccc(C(O)C(OCC)C(C)C)cc1. The molecule has 1 aromatic rings. The largest absolute Gasteiger partial charge is 0.494 e. The van der Waals surface area contributed by atoms with Crippen LogP contribution in [0.15, 0.2) is 24.3 Å². The van der Waals surface area contributed by atoms with Gasteiger partial charge in [-0.1, -0.05) is 32.9 Å². The van der Waals surface area contributed by atoms with E-state index in [1.54, 1.807) is 0 Å². The summed E-state index contributed by atoms with van der Waals surface area (Å²) in [7, 11) is 0. The molecule has 2 unspecified atom stereocenters. The van der Waals surface area contributed by atoms with Gasteiger partial charge in [-0.05, 0) is 37.0 Å². The van der Waals surface area contributed by atoms with Crippen molar-refractivity contribution < 1.29 is 14.6 Å². The molecule has 0 aromatic heterocycles. The van der Waals surface area contributed by atoms with E-state index in [1.165, 1.54) is 0 Å². The van der Waals surface area contributed by atoms with Crippen molar-refractivity contribution >= 4 is 0 Å². The highest BCUT2D eigenvalue weighted by Gasteiger charge is 2.24. The summed E-state index contributed by atoms with van der Waals surface area (Å²) in [6.45, 7) is 9.47. The maximum Gasteiger partial charge on any atom is 0.119 e. The molecular formula is C16H26O3. The van der Waals surface area contributed by atoms with E-state index in [0.29, 0.717) is 6.61 Å². The van der Waals surface area contributed by atoms with Crippen LogP contribution in [0.25, 0.3) is 0 Å². The highest BCUT2D eigenvalue weighted by Crippen LogP contribution is 2.26. The summed E-state index contributed by atoms with van der Waals surface area (Å²) in [6.07, 6.45) is 0.219. The first-order chi connectivity index (χ1) is 9.10. The van der Waals surface area contributed by atoms with E-state index in [1.807, 2.05) is 31.2 Å². The minimum Gasteiger partial charge on any atom is -0.494 e. The van der Waals surface area contributed by atoms with Crippen LogP contribution in [0, 0.1) is 5.92 Å². The van der Waals surface area contributed by atoms with Crippen molar-refractivity contribution in [3.63, 3.8) is 0 Å². The van der Waals surface area contributed by atoms with E-state index in [-0.39, 0.29) is 12.0 Å². The van der Waals surface area contributed by atoms with E-state index >= 15 is 0 Å². The fraction of sp³-hybridized carbons (Fsp3) is 0.625. The van der Waals surface area contributed by atoms with Gasteiger partial charge < -0.3 is 14.6 Å². The van der Waals surface area contributed by atoms with Crippen molar-refractivity contribution in [1.29, 1.82) is 0 Å². The average Bonchev–Trinajstić information content (AvgIpc) is 2.42. The molecule has 0 saturated carbocycles. The molecule has 0 spiro atoms. The summed E-state index contributed by atoms with van der Waals surface area (Å²) in [5.74, 6) is 1.11. The summed E-state index contributed by atoms with van der Waals surface area (Å²) in [4.78, 5) is 0. The second-order valence-corrected chi connectivity index (χ2v) is 5.03. The lowest BCUT2D eigenvalue weighted by Crippen LogP contribution is -2.27. The van der Waals surface area contributed by atoms with Gasteiger partial charge in [-0.2, -0.15) is 0 Å². The number of benzene rings is 1. The molecule has 0 bridgehead atoms. The van der Waals surface area contributed by atoms with Gasteiger partial charge in [0.05, 0.1) is 12.7 Å². The molecule has 0 radical (unpaired) electrons. The van der Waals surface area contributed by atoms with Crippen LogP contribution in [-0.4, -0.2) is 24.4 Å². The Morgan fingerprint density at radius 3 is 2.21 bits per heavy atom. The molecule has 19 heavy (non-hydrogen) atoms. The molecule has 0 aliphatic carbocycles. The van der Waals surface area contributed by atoms with Crippen molar-refractivity contribution in [2.24, 2.45) is 5.92 Å². The number of aliphatic hydroxyl groups is 1. The Balaban J connectivity index is 2.72. The average molecular weight is 266 g/mol. The van der Waals surface area contributed by atoms with E-state index in [9.17, 15) is 5.11 Å². The molecule has 2 atom stereocenters. The standard InChI is InChI=1S/C16H26O3/c1-5-11-19-14-9-7-13(8-10-14)15(17)16(12(3)4)18-6-2/h7-10,12,15-17H,5-6,11H2,1-4H3. The zero-order valence-electron chi connectivity index (χ0n) is 12.4. The van der Waals surface area contributed by atoms with Gasteiger partial charge in [0, 0.05) is 6.61 Å². The van der Waals surface area contributed by atoms with Crippen molar-refractivity contribution in [2.45, 2.75) is 46.3 Å². The Bertz CT molecular complexity index is 346. The molecular weight excluding hydrogens is 240 g/mol. The van der Waals surface area contributed by atoms with Crippen molar-refractivity contribution in [2.75, 3.05) is 13.2 Å². The molecule has 0 aliphatic rings. The van der Waals surface area contributed by atoms with Crippen LogP contribution in [0.4, 0.5) is 0 Å². The van der Waals surface area contributed by atoms with Gasteiger partial charge in [-0.25, -0.2) is 0 Å². The molecule has 0 saturated heterocycles. The Hall–Kier alpha value is -1.06. The Morgan fingerprint density at radius 1 is 1.11 bits per heavy atom. The number of aliphatic hydroxyl groups excluding tert-OH is 1. The summed E-state index contributed by atoms with van der Waals surface area (Å²) in [5, 5.41) is 10.4. The third kappa shape index (κ3) is 4.84. The normalized spacial score (nSPS) is 14.4. The third-order valence-electron chi connectivity index (χ3n) is 3.02. The Labute approximate surface area is 116 Å². The monoisotopic (exact) mass is 266 g/mol. The fourth-order valence-electron chi connectivity index (χ4n) is 2.01. The minimum absolute atomic E-state index is 0.174. The molecule has 108 valence electrons. The van der Waals surface area contributed by atoms with Crippen molar-refractivity contribution in [1.82, 2.24) is 0 Å².